The molecule has 1 heterocycles. The molecule has 3 amide bonds. The number of likely N-dealkylation sites (N-methyl/N-ethyl adjacent to an activating group) is 2. The van der Waals surface area contributed by atoms with Crippen molar-refractivity contribution in [2.75, 3.05) is 39.2 Å². The molecule has 226 valence electrons. The van der Waals surface area contributed by atoms with Crippen molar-refractivity contribution in [1.82, 2.24) is 15.1 Å². The molecule has 3 atom stereocenters. The number of benzene rings is 2. The molecule has 1 aliphatic carbocycles. The summed E-state index contributed by atoms with van der Waals surface area (Å²) < 4.78 is 20.0. The topological polar surface area (TPSA) is 91.0 Å². The van der Waals surface area contributed by atoms with Crippen LogP contribution in [-0.4, -0.2) is 67.9 Å². The normalized spacial score (nSPS) is 19.7. The van der Waals surface area contributed by atoms with Crippen molar-refractivity contribution in [2.45, 2.75) is 57.0 Å². The fraction of sp³-hybridized carbons (Fsp3) is 0.469. The number of nitrogens with zero attached hydrogens (tertiary/aromatic N) is 2. The molecule has 2 aromatic carbocycles. The second kappa shape index (κ2) is 13.3. The van der Waals surface area contributed by atoms with Gasteiger partial charge in [-0.1, -0.05) is 19.6 Å². The zero-order valence-electron chi connectivity index (χ0n) is 24.7. The van der Waals surface area contributed by atoms with Gasteiger partial charge in [0.1, 0.15) is 12.4 Å². The highest BCUT2D eigenvalue weighted by Crippen LogP contribution is 2.40. The number of fused-ring (bicyclic) bond motifs is 1. The Morgan fingerprint density at radius 1 is 1.14 bits per heavy atom. The molecule has 0 saturated carbocycles. The predicted molar refractivity (Wildman–Crippen MR) is 166 cm³/mol. The lowest BCUT2D eigenvalue weighted by Crippen LogP contribution is -2.51. The minimum Gasteiger partial charge on any atom is -0.390 e. The summed E-state index contributed by atoms with van der Waals surface area (Å²) in [5.41, 5.74) is 3.56. The number of anilines is 1. The maximum atomic E-state index is 14.4. The van der Waals surface area contributed by atoms with Crippen LogP contribution in [0.5, 0.6) is 0 Å². The first-order valence-corrected chi connectivity index (χ1v) is 14.9. The van der Waals surface area contributed by atoms with E-state index in [1.807, 2.05) is 24.3 Å². The smallest absolute Gasteiger partial charge is 0.244 e. The van der Waals surface area contributed by atoms with E-state index in [1.54, 1.807) is 19.0 Å². The Morgan fingerprint density at radius 3 is 2.50 bits per heavy atom. The summed E-state index contributed by atoms with van der Waals surface area (Å²) >= 11 is 0. The van der Waals surface area contributed by atoms with Gasteiger partial charge in [-0.25, -0.2) is 4.39 Å². The van der Waals surface area contributed by atoms with Gasteiger partial charge in [-0.15, -0.1) is 9.24 Å². The SMILES string of the molecule is C=C(NC)C1(N(C)C=O)Cc2ccc(NC(=O)CN(C=O)C(CCC3(C)CCOCC3)c3cc(F)cc(P)c3)cc2C1. The van der Waals surface area contributed by atoms with Gasteiger partial charge in [0.15, 0.2) is 0 Å². The van der Waals surface area contributed by atoms with Crippen molar-refractivity contribution >= 4 is 39.0 Å². The fourth-order valence-corrected chi connectivity index (χ4v) is 6.63. The third kappa shape index (κ3) is 7.01. The molecule has 2 aliphatic rings. The lowest BCUT2D eigenvalue weighted by Gasteiger charge is -2.38. The van der Waals surface area contributed by atoms with E-state index in [2.05, 4.69) is 33.4 Å². The van der Waals surface area contributed by atoms with Gasteiger partial charge in [0, 0.05) is 51.5 Å². The lowest BCUT2D eigenvalue weighted by atomic mass is 9.77. The first-order valence-electron chi connectivity index (χ1n) is 14.3. The fourth-order valence-electron chi connectivity index (χ4n) is 6.28. The molecule has 0 spiro atoms. The maximum absolute atomic E-state index is 14.4. The number of carbonyl (C=O) groups excluding carboxylic acids is 3. The molecule has 8 nitrogen and oxygen atoms in total. The van der Waals surface area contributed by atoms with E-state index in [9.17, 15) is 18.8 Å². The molecule has 2 N–H and O–H groups in total. The van der Waals surface area contributed by atoms with Crippen molar-refractivity contribution < 1.29 is 23.5 Å². The Hall–Kier alpha value is -3.29. The molecule has 1 saturated heterocycles. The minimum atomic E-state index is -0.592. The van der Waals surface area contributed by atoms with E-state index in [0.29, 0.717) is 55.4 Å². The van der Waals surface area contributed by atoms with Crippen LogP contribution in [0.2, 0.25) is 0 Å². The predicted octanol–water partition coefficient (Wildman–Crippen LogP) is 3.72. The summed E-state index contributed by atoms with van der Waals surface area (Å²) in [6, 6.07) is 9.95. The lowest BCUT2D eigenvalue weighted by molar-refractivity contribution is -0.127. The van der Waals surface area contributed by atoms with Gasteiger partial charge in [0.2, 0.25) is 18.7 Å². The number of ether oxygens (including phenoxy) is 1. The highest BCUT2D eigenvalue weighted by Gasteiger charge is 2.43. The van der Waals surface area contributed by atoms with Gasteiger partial charge >= 0.3 is 0 Å². The third-order valence-corrected chi connectivity index (χ3v) is 9.40. The molecule has 4 rings (SSSR count). The van der Waals surface area contributed by atoms with Crippen molar-refractivity contribution in [3.05, 3.63) is 71.2 Å². The third-order valence-electron chi connectivity index (χ3n) is 9.06. The molecule has 1 aliphatic heterocycles. The number of hydrogen-bond donors (Lipinski definition) is 2. The highest BCUT2D eigenvalue weighted by atomic mass is 31.0. The van der Waals surface area contributed by atoms with Gasteiger partial charge in [0.05, 0.1) is 11.6 Å². The Balaban J connectivity index is 1.51. The van der Waals surface area contributed by atoms with Crippen LogP contribution in [0, 0.1) is 11.2 Å². The average Bonchev–Trinajstić information content (AvgIpc) is 3.35. The standard InChI is InChI=1S/C32H42FN4O4P/c1-22(34-3)32(36(4)20-38)17-23-5-6-27(14-25(23)18-32)35-30(40)19-37(21-39)29(24-13-26(33)16-28(42)15-24)7-8-31(2)9-11-41-12-10-31/h5-6,13-16,20-21,29,34H,1,7-12,17-19,42H2,2-4H3,(H,35,40). The Morgan fingerprint density at radius 2 is 1.86 bits per heavy atom. The molecule has 1 fully saturated rings. The maximum Gasteiger partial charge on any atom is 0.244 e. The summed E-state index contributed by atoms with van der Waals surface area (Å²) in [6.45, 7) is 7.59. The van der Waals surface area contributed by atoms with Crippen LogP contribution in [0.25, 0.3) is 0 Å². The Kier molecular flexibility index (Phi) is 10.1. The zero-order chi connectivity index (χ0) is 30.5. The number of hydrogen-bond acceptors (Lipinski definition) is 5. The van der Waals surface area contributed by atoms with E-state index < -0.39 is 11.6 Å². The molecule has 42 heavy (non-hydrogen) atoms. The van der Waals surface area contributed by atoms with Crippen LogP contribution in [0.4, 0.5) is 10.1 Å². The molecule has 10 heteroatoms. The van der Waals surface area contributed by atoms with E-state index in [1.165, 1.54) is 17.0 Å². The second-order valence-corrected chi connectivity index (χ2v) is 12.6. The van der Waals surface area contributed by atoms with Crippen molar-refractivity contribution in [2.24, 2.45) is 5.41 Å². The van der Waals surface area contributed by atoms with Gasteiger partial charge < -0.3 is 25.2 Å². The van der Waals surface area contributed by atoms with E-state index >= 15 is 0 Å². The molecule has 0 aromatic heterocycles. The zero-order valence-corrected chi connectivity index (χ0v) is 25.9. The second-order valence-electron chi connectivity index (χ2n) is 11.9. The summed E-state index contributed by atoms with van der Waals surface area (Å²) in [5.74, 6) is -0.730. The van der Waals surface area contributed by atoms with Crippen molar-refractivity contribution in [3.63, 3.8) is 0 Å². The van der Waals surface area contributed by atoms with Crippen LogP contribution in [0.1, 0.15) is 55.3 Å². The minimum absolute atomic E-state index is 0.0561. The molecule has 3 unspecified atom stereocenters. The van der Waals surface area contributed by atoms with E-state index in [0.717, 1.165) is 42.5 Å². The summed E-state index contributed by atoms with van der Waals surface area (Å²) in [5, 5.41) is 6.72. The molecule has 0 radical (unpaired) electrons. The Labute approximate surface area is 250 Å². The number of amides is 3. The van der Waals surface area contributed by atoms with Crippen molar-refractivity contribution in [3.8, 4) is 0 Å². The summed E-state index contributed by atoms with van der Waals surface area (Å²) in [7, 11) is 6.05. The average molecular weight is 597 g/mol. The molecular formula is C32H42FN4O4P. The van der Waals surface area contributed by atoms with E-state index in [-0.39, 0.29) is 23.7 Å². The quantitative estimate of drug-likeness (QED) is 0.272. The van der Waals surface area contributed by atoms with Gasteiger partial charge in [0.25, 0.3) is 0 Å². The number of nitrogens with one attached hydrogen (secondary N) is 2. The Bertz CT molecular complexity index is 1310. The monoisotopic (exact) mass is 596 g/mol. The number of rotatable bonds is 13. The van der Waals surface area contributed by atoms with Gasteiger partial charge in [-0.05, 0) is 83.4 Å². The number of halogens is 1. The van der Waals surface area contributed by atoms with Crippen LogP contribution < -0.4 is 15.9 Å². The van der Waals surface area contributed by atoms with Crippen LogP contribution in [0.3, 0.4) is 0 Å². The largest absolute Gasteiger partial charge is 0.390 e. The summed E-state index contributed by atoms with van der Waals surface area (Å²) in [4.78, 5) is 40.5. The van der Waals surface area contributed by atoms with E-state index in [4.69, 9.17) is 4.74 Å². The summed E-state index contributed by atoms with van der Waals surface area (Å²) in [6.07, 6.45) is 5.91. The number of carbonyl (C=O) groups is 3. The van der Waals surface area contributed by atoms with Crippen LogP contribution in [0.15, 0.2) is 48.7 Å². The first-order chi connectivity index (χ1) is 20.0. The van der Waals surface area contributed by atoms with Crippen LogP contribution >= 0.6 is 9.24 Å². The van der Waals surface area contributed by atoms with Crippen molar-refractivity contribution in [1.29, 1.82) is 0 Å². The first kappa shape index (κ1) is 31.6. The molecular weight excluding hydrogens is 554 g/mol. The molecule has 2 aromatic rings. The molecule has 0 bridgehead atoms. The highest BCUT2D eigenvalue weighted by molar-refractivity contribution is 7.27. The van der Waals surface area contributed by atoms with Gasteiger partial charge in [-0.2, -0.15) is 0 Å². The van der Waals surface area contributed by atoms with Gasteiger partial charge in [-0.3, -0.25) is 14.4 Å². The van der Waals surface area contributed by atoms with Crippen LogP contribution in [-0.2, 0) is 32.0 Å².